The largest absolute Gasteiger partial charge is 0.444 e. The summed E-state index contributed by atoms with van der Waals surface area (Å²) in [7, 11) is 0. The van der Waals surface area contributed by atoms with Crippen LogP contribution < -0.4 is 5.32 Å². The number of nitrogens with zero attached hydrogens (tertiary/aromatic N) is 5. The molecule has 0 unspecified atom stereocenters. The topological polar surface area (TPSA) is 96.6 Å². The van der Waals surface area contributed by atoms with E-state index in [9.17, 15) is 4.79 Å². The van der Waals surface area contributed by atoms with Crippen LogP contribution >= 0.6 is 11.3 Å². The summed E-state index contributed by atoms with van der Waals surface area (Å²) in [5.74, 6) is 1.63. The Hall–Kier alpha value is -2.72. The number of anilines is 1. The summed E-state index contributed by atoms with van der Waals surface area (Å²) in [6.45, 7) is 15.5. The number of nitrogens with one attached hydrogen (secondary N) is 1. The van der Waals surface area contributed by atoms with Gasteiger partial charge in [-0.2, -0.15) is 0 Å². The molecule has 178 valence electrons. The second-order valence-corrected chi connectivity index (χ2v) is 10.4. The SMILES string of the molecule is Cc1noc(C)c1-c1csc2c(N[C@@H](C)CN3CCN(C(=O)OC(C)(C)C)CC3)ncnc12. The summed E-state index contributed by atoms with van der Waals surface area (Å²) < 4.78 is 11.9. The van der Waals surface area contributed by atoms with Crippen LogP contribution in [0.3, 0.4) is 0 Å². The van der Waals surface area contributed by atoms with Crippen molar-refractivity contribution in [3.8, 4) is 11.1 Å². The van der Waals surface area contributed by atoms with Crippen LogP contribution in [-0.4, -0.2) is 75.4 Å². The first-order valence-electron chi connectivity index (χ1n) is 11.2. The zero-order valence-electron chi connectivity index (χ0n) is 20.1. The lowest BCUT2D eigenvalue weighted by Gasteiger charge is -2.36. The Kier molecular flexibility index (Phi) is 6.58. The van der Waals surface area contributed by atoms with E-state index in [1.807, 2.05) is 34.6 Å². The number of piperazine rings is 1. The Morgan fingerprint density at radius 2 is 1.97 bits per heavy atom. The lowest BCUT2D eigenvalue weighted by molar-refractivity contribution is 0.0144. The second kappa shape index (κ2) is 9.26. The molecule has 0 radical (unpaired) electrons. The molecule has 1 saturated heterocycles. The molecule has 9 nitrogen and oxygen atoms in total. The maximum atomic E-state index is 12.3. The van der Waals surface area contributed by atoms with Crippen LogP contribution in [0.5, 0.6) is 0 Å². The summed E-state index contributed by atoms with van der Waals surface area (Å²) in [4.78, 5) is 25.5. The van der Waals surface area contributed by atoms with Gasteiger partial charge in [-0.15, -0.1) is 11.3 Å². The number of ether oxygens (including phenoxy) is 1. The Morgan fingerprint density at radius 3 is 2.61 bits per heavy atom. The number of amides is 1. The predicted molar refractivity (Wildman–Crippen MR) is 130 cm³/mol. The van der Waals surface area contributed by atoms with Crippen molar-refractivity contribution >= 4 is 33.5 Å². The number of thiophene rings is 1. The third-order valence-corrected chi connectivity index (χ3v) is 6.57. The van der Waals surface area contributed by atoms with Crippen LogP contribution in [0.4, 0.5) is 10.6 Å². The van der Waals surface area contributed by atoms with E-state index in [1.165, 1.54) is 0 Å². The number of carbonyl (C=O) groups excluding carboxylic acids is 1. The first-order chi connectivity index (χ1) is 15.6. The fourth-order valence-electron chi connectivity index (χ4n) is 4.10. The van der Waals surface area contributed by atoms with Crippen molar-refractivity contribution in [3.63, 3.8) is 0 Å². The molecule has 0 saturated carbocycles. The molecule has 1 fully saturated rings. The van der Waals surface area contributed by atoms with E-state index < -0.39 is 5.60 Å². The van der Waals surface area contributed by atoms with Crippen molar-refractivity contribution in [2.24, 2.45) is 0 Å². The Labute approximate surface area is 198 Å². The summed E-state index contributed by atoms with van der Waals surface area (Å²) in [5.41, 5.74) is 3.33. The van der Waals surface area contributed by atoms with E-state index in [4.69, 9.17) is 9.26 Å². The molecule has 0 aliphatic carbocycles. The second-order valence-electron chi connectivity index (χ2n) is 9.56. The van der Waals surface area contributed by atoms with E-state index >= 15 is 0 Å². The van der Waals surface area contributed by atoms with Crippen molar-refractivity contribution in [1.29, 1.82) is 0 Å². The lowest BCUT2D eigenvalue weighted by atomic mass is 10.1. The van der Waals surface area contributed by atoms with Gasteiger partial charge in [0.1, 0.15) is 23.5 Å². The molecule has 1 amide bonds. The predicted octanol–water partition coefficient (Wildman–Crippen LogP) is 4.32. The summed E-state index contributed by atoms with van der Waals surface area (Å²) >= 11 is 1.62. The molecule has 0 bridgehead atoms. The van der Waals surface area contributed by atoms with Crippen molar-refractivity contribution in [2.75, 3.05) is 38.0 Å². The van der Waals surface area contributed by atoms with Gasteiger partial charge in [0.05, 0.1) is 21.5 Å². The number of aryl methyl sites for hydroxylation is 2. The highest BCUT2D eigenvalue weighted by molar-refractivity contribution is 7.18. The van der Waals surface area contributed by atoms with E-state index in [-0.39, 0.29) is 12.1 Å². The van der Waals surface area contributed by atoms with Gasteiger partial charge in [-0.3, -0.25) is 4.90 Å². The zero-order chi connectivity index (χ0) is 23.8. The van der Waals surface area contributed by atoms with E-state index in [2.05, 4.69) is 37.6 Å². The highest BCUT2D eigenvalue weighted by atomic mass is 32.1. The molecule has 1 N–H and O–H groups in total. The fourth-order valence-corrected chi connectivity index (χ4v) is 5.07. The standard InChI is InChI=1S/C23H32N6O3S/c1-14(11-28-7-9-29(10-8-28)22(30)31-23(4,5)6)26-21-20-19(24-13-25-21)17(12-33-20)18-15(2)27-32-16(18)3/h12-14H,7-11H2,1-6H3,(H,24,25,26)/t14-/m0/s1. The minimum absolute atomic E-state index is 0.181. The Balaban J connectivity index is 1.38. The molecule has 1 aliphatic heterocycles. The van der Waals surface area contributed by atoms with Gasteiger partial charge in [0.15, 0.2) is 0 Å². The molecule has 33 heavy (non-hydrogen) atoms. The average Bonchev–Trinajstić information content (AvgIpc) is 3.30. The molecule has 10 heteroatoms. The van der Waals surface area contributed by atoms with Gasteiger partial charge in [0.25, 0.3) is 0 Å². The summed E-state index contributed by atoms with van der Waals surface area (Å²) in [5, 5.41) is 9.73. The smallest absolute Gasteiger partial charge is 0.410 e. The quantitative estimate of drug-likeness (QED) is 0.587. The molecule has 0 spiro atoms. The molecular weight excluding hydrogens is 440 g/mol. The Morgan fingerprint density at radius 1 is 1.24 bits per heavy atom. The van der Waals surface area contributed by atoms with Crippen LogP contribution in [0, 0.1) is 13.8 Å². The monoisotopic (exact) mass is 472 g/mol. The molecule has 4 rings (SSSR count). The number of hydrogen-bond acceptors (Lipinski definition) is 9. The van der Waals surface area contributed by atoms with Gasteiger partial charge in [0, 0.05) is 49.7 Å². The normalized spacial score (nSPS) is 16.2. The average molecular weight is 473 g/mol. The number of aromatic nitrogens is 3. The maximum absolute atomic E-state index is 12.3. The van der Waals surface area contributed by atoms with Gasteiger partial charge in [-0.1, -0.05) is 5.16 Å². The molecule has 1 aliphatic rings. The maximum Gasteiger partial charge on any atom is 0.410 e. The third kappa shape index (κ3) is 5.27. The molecule has 4 heterocycles. The first kappa shape index (κ1) is 23.4. The van der Waals surface area contributed by atoms with E-state index in [0.29, 0.717) is 13.1 Å². The van der Waals surface area contributed by atoms with Gasteiger partial charge in [-0.05, 0) is 41.5 Å². The highest BCUT2D eigenvalue weighted by Gasteiger charge is 2.26. The molecule has 1 atom stereocenters. The zero-order valence-corrected chi connectivity index (χ0v) is 21.0. The van der Waals surface area contributed by atoms with Crippen molar-refractivity contribution in [2.45, 2.75) is 53.2 Å². The van der Waals surface area contributed by atoms with Gasteiger partial charge >= 0.3 is 6.09 Å². The number of carbonyl (C=O) groups is 1. The minimum atomic E-state index is -0.470. The summed E-state index contributed by atoms with van der Waals surface area (Å²) in [6.07, 6.45) is 1.37. The molecule has 0 aromatic carbocycles. The van der Waals surface area contributed by atoms with Crippen LogP contribution in [0.15, 0.2) is 16.2 Å². The fraction of sp³-hybridized carbons (Fsp3) is 0.565. The van der Waals surface area contributed by atoms with E-state index in [1.54, 1.807) is 22.6 Å². The van der Waals surface area contributed by atoms with Gasteiger partial charge in [-0.25, -0.2) is 14.8 Å². The van der Waals surface area contributed by atoms with Crippen molar-refractivity contribution in [3.05, 3.63) is 23.2 Å². The third-order valence-electron chi connectivity index (χ3n) is 5.60. The van der Waals surface area contributed by atoms with Crippen molar-refractivity contribution in [1.82, 2.24) is 24.9 Å². The summed E-state index contributed by atoms with van der Waals surface area (Å²) in [6, 6.07) is 0.181. The number of fused-ring (bicyclic) bond motifs is 1. The number of hydrogen-bond donors (Lipinski definition) is 1. The van der Waals surface area contributed by atoms with Gasteiger partial charge < -0.3 is 19.5 Å². The van der Waals surface area contributed by atoms with Crippen LogP contribution in [0.1, 0.15) is 39.1 Å². The molecule has 3 aromatic rings. The van der Waals surface area contributed by atoms with Crippen molar-refractivity contribution < 1.29 is 14.1 Å². The van der Waals surface area contributed by atoms with Crippen LogP contribution in [0.2, 0.25) is 0 Å². The molecule has 3 aromatic heterocycles. The first-order valence-corrected chi connectivity index (χ1v) is 12.1. The van der Waals surface area contributed by atoms with Gasteiger partial charge in [0.2, 0.25) is 0 Å². The Bertz CT molecular complexity index is 1110. The van der Waals surface area contributed by atoms with Crippen LogP contribution in [0.25, 0.3) is 21.3 Å². The van der Waals surface area contributed by atoms with E-state index in [0.717, 1.165) is 58.2 Å². The lowest BCUT2D eigenvalue weighted by Crippen LogP contribution is -2.51. The highest BCUT2D eigenvalue weighted by Crippen LogP contribution is 2.38. The van der Waals surface area contributed by atoms with Crippen LogP contribution in [-0.2, 0) is 4.74 Å². The minimum Gasteiger partial charge on any atom is -0.444 e. The number of rotatable bonds is 5. The molecular formula is C23H32N6O3S.